The van der Waals surface area contributed by atoms with Crippen LogP contribution in [-0.2, 0) is 4.74 Å². The molecule has 84 valence electrons. The predicted molar refractivity (Wildman–Crippen MR) is 62.6 cm³/mol. The van der Waals surface area contributed by atoms with Crippen LogP contribution in [-0.4, -0.2) is 25.8 Å². The summed E-state index contributed by atoms with van der Waals surface area (Å²) >= 11 is 0. The normalized spacial score (nSPS) is 10.8. The molecule has 1 N–H and O–H groups in total. The fourth-order valence-electron chi connectivity index (χ4n) is 1.21. The molecule has 0 radical (unpaired) electrons. The zero-order valence-corrected chi connectivity index (χ0v) is 9.72. The second-order valence-electron chi connectivity index (χ2n) is 3.81. The lowest BCUT2D eigenvalue weighted by Gasteiger charge is -2.08. The average molecular weight is 199 g/mol. The number of nitrogens with one attached hydrogen (secondary N) is 1. The van der Waals surface area contributed by atoms with Crippen molar-refractivity contribution in [1.29, 1.82) is 0 Å². The van der Waals surface area contributed by atoms with Gasteiger partial charge in [0.25, 0.3) is 0 Å². The average Bonchev–Trinajstić information content (AvgIpc) is 2.15. The van der Waals surface area contributed by atoms with E-state index in [2.05, 4.69) is 25.7 Å². The van der Waals surface area contributed by atoms with Crippen LogP contribution in [0.15, 0.2) is 12.7 Å². The van der Waals surface area contributed by atoms with Crippen LogP contribution in [0.4, 0.5) is 0 Å². The van der Waals surface area contributed by atoms with Crippen molar-refractivity contribution in [3.63, 3.8) is 0 Å². The molecule has 0 fully saturated rings. The molecule has 0 aromatic rings. The number of hydrogen-bond acceptors (Lipinski definition) is 2. The van der Waals surface area contributed by atoms with Crippen molar-refractivity contribution in [2.75, 3.05) is 19.7 Å². The van der Waals surface area contributed by atoms with Gasteiger partial charge >= 0.3 is 0 Å². The van der Waals surface area contributed by atoms with Gasteiger partial charge in [-0.05, 0) is 39.7 Å². The van der Waals surface area contributed by atoms with Gasteiger partial charge in [0, 0.05) is 6.54 Å². The zero-order valence-electron chi connectivity index (χ0n) is 9.72. The Hall–Kier alpha value is -0.340. The zero-order chi connectivity index (χ0) is 10.6. The maximum atomic E-state index is 5.41. The monoisotopic (exact) mass is 199 g/mol. The van der Waals surface area contributed by atoms with E-state index in [9.17, 15) is 0 Å². The Balaban J connectivity index is 2.88. The van der Waals surface area contributed by atoms with Crippen molar-refractivity contribution in [3.05, 3.63) is 12.7 Å². The highest BCUT2D eigenvalue weighted by molar-refractivity contribution is 4.65. The standard InChI is InChI=1S/C12H25NO/c1-4-5-6-7-8-9-13-10-11-14-12(2)3/h4,12-13H,1,5-11H2,2-3H3. The van der Waals surface area contributed by atoms with Gasteiger partial charge in [-0.1, -0.05) is 12.5 Å². The molecule has 0 aliphatic rings. The van der Waals surface area contributed by atoms with Crippen molar-refractivity contribution in [2.45, 2.75) is 45.6 Å². The molecule has 2 heteroatoms. The highest BCUT2D eigenvalue weighted by atomic mass is 16.5. The first-order chi connectivity index (χ1) is 6.77. The minimum Gasteiger partial charge on any atom is -0.377 e. The van der Waals surface area contributed by atoms with Gasteiger partial charge in [0.2, 0.25) is 0 Å². The van der Waals surface area contributed by atoms with Crippen molar-refractivity contribution >= 4 is 0 Å². The summed E-state index contributed by atoms with van der Waals surface area (Å²) in [4.78, 5) is 0. The number of allylic oxidation sites excluding steroid dienone is 1. The van der Waals surface area contributed by atoms with Crippen LogP contribution in [0.2, 0.25) is 0 Å². The molecule has 0 aliphatic heterocycles. The van der Waals surface area contributed by atoms with Gasteiger partial charge in [-0.15, -0.1) is 6.58 Å². The fourth-order valence-corrected chi connectivity index (χ4v) is 1.21. The molecule has 0 heterocycles. The molecular weight excluding hydrogens is 174 g/mol. The quantitative estimate of drug-likeness (QED) is 0.431. The van der Waals surface area contributed by atoms with E-state index < -0.39 is 0 Å². The second kappa shape index (κ2) is 10.7. The highest BCUT2D eigenvalue weighted by Crippen LogP contribution is 1.98. The summed E-state index contributed by atoms with van der Waals surface area (Å²) < 4.78 is 5.41. The van der Waals surface area contributed by atoms with Gasteiger partial charge in [0.1, 0.15) is 0 Å². The third kappa shape index (κ3) is 11.7. The van der Waals surface area contributed by atoms with Crippen LogP contribution in [0.3, 0.4) is 0 Å². The van der Waals surface area contributed by atoms with Crippen LogP contribution in [0.5, 0.6) is 0 Å². The SMILES string of the molecule is C=CCCCCCNCCOC(C)C. The summed E-state index contributed by atoms with van der Waals surface area (Å²) in [5.74, 6) is 0. The van der Waals surface area contributed by atoms with Gasteiger partial charge in [0.15, 0.2) is 0 Å². The van der Waals surface area contributed by atoms with E-state index in [1.807, 2.05) is 6.08 Å². The molecule has 0 aliphatic carbocycles. The third-order valence-corrected chi connectivity index (χ3v) is 1.99. The summed E-state index contributed by atoms with van der Waals surface area (Å²) in [6.07, 6.45) is 7.32. The van der Waals surface area contributed by atoms with Gasteiger partial charge in [-0.2, -0.15) is 0 Å². The molecule has 0 aromatic carbocycles. The predicted octanol–water partition coefficient (Wildman–Crippen LogP) is 2.75. The first-order valence-electron chi connectivity index (χ1n) is 5.70. The van der Waals surface area contributed by atoms with Crippen molar-refractivity contribution in [1.82, 2.24) is 5.32 Å². The van der Waals surface area contributed by atoms with E-state index in [0.717, 1.165) is 26.1 Å². The molecule has 0 aromatic heterocycles. The molecular formula is C12H25NO. The first-order valence-corrected chi connectivity index (χ1v) is 5.70. The summed E-state index contributed by atoms with van der Waals surface area (Å²) in [7, 11) is 0. The molecule has 0 saturated carbocycles. The van der Waals surface area contributed by atoms with E-state index in [1.165, 1.54) is 19.3 Å². The van der Waals surface area contributed by atoms with Gasteiger partial charge in [-0.25, -0.2) is 0 Å². The van der Waals surface area contributed by atoms with Crippen molar-refractivity contribution < 1.29 is 4.74 Å². The first kappa shape index (κ1) is 13.7. The Morgan fingerprint density at radius 1 is 1.21 bits per heavy atom. The van der Waals surface area contributed by atoms with Gasteiger partial charge in [0.05, 0.1) is 12.7 Å². The third-order valence-electron chi connectivity index (χ3n) is 1.99. The Bertz CT molecular complexity index is 123. The second-order valence-corrected chi connectivity index (χ2v) is 3.81. The molecule has 0 spiro atoms. The van der Waals surface area contributed by atoms with Crippen LogP contribution in [0.1, 0.15) is 39.5 Å². The van der Waals surface area contributed by atoms with E-state index in [4.69, 9.17) is 4.74 Å². The summed E-state index contributed by atoms with van der Waals surface area (Å²) in [5, 5.41) is 3.37. The van der Waals surface area contributed by atoms with Crippen LogP contribution in [0, 0.1) is 0 Å². The Labute approximate surface area is 88.7 Å². The summed E-state index contributed by atoms with van der Waals surface area (Å²) in [5.41, 5.74) is 0. The molecule has 14 heavy (non-hydrogen) atoms. The van der Waals surface area contributed by atoms with Crippen molar-refractivity contribution in [3.8, 4) is 0 Å². The van der Waals surface area contributed by atoms with E-state index in [-0.39, 0.29) is 0 Å². The smallest absolute Gasteiger partial charge is 0.0594 e. The Morgan fingerprint density at radius 2 is 2.00 bits per heavy atom. The molecule has 0 rings (SSSR count). The molecule has 0 bridgehead atoms. The highest BCUT2D eigenvalue weighted by Gasteiger charge is 1.92. The van der Waals surface area contributed by atoms with Crippen LogP contribution in [0.25, 0.3) is 0 Å². The van der Waals surface area contributed by atoms with E-state index in [0.29, 0.717) is 6.10 Å². The lowest BCUT2D eigenvalue weighted by Crippen LogP contribution is -2.22. The van der Waals surface area contributed by atoms with Crippen molar-refractivity contribution in [2.24, 2.45) is 0 Å². The summed E-state index contributed by atoms with van der Waals surface area (Å²) in [6, 6.07) is 0. The minimum atomic E-state index is 0.351. The van der Waals surface area contributed by atoms with E-state index >= 15 is 0 Å². The largest absolute Gasteiger partial charge is 0.377 e. The topological polar surface area (TPSA) is 21.3 Å². The minimum absolute atomic E-state index is 0.351. The fraction of sp³-hybridized carbons (Fsp3) is 0.833. The maximum Gasteiger partial charge on any atom is 0.0594 e. The molecule has 0 atom stereocenters. The number of hydrogen-bond donors (Lipinski definition) is 1. The Kier molecular flexibility index (Phi) is 10.5. The number of unbranched alkanes of at least 4 members (excludes halogenated alkanes) is 3. The molecule has 0 unspecified atom stereocenters. The molecule has 0 saturated heterocycles. The van der Waals surface area contributed by atoms with E-state index in [1.54, 1.807) is 0 Å². The Morgan fingerprint density at radius 3 is 2.64 bits per heavy atom. The van der Waals surface area contributed by atoms with Crippen LogP contribution >= 0.6 is 0 Å². The molecule has 0 amide bonds. The number of ether oxygens (including phenoxy) is 1. The van der Waals surface area contributed by atoms with Crippen LogP contribution < -0.4 is 5.32 Å². The lowest BCUT2D eigenvalue weighted by atomic mass is 10.2. The lowest BCUT2D eigenvalue weighted by molar-refractivity contribution is 0.0809. The maximum absolute atomic E-state index is 5.41. The number of rotatable bonds is 10. The summed E-state index contributed by atoms with van der Waals surface area (Å²) in [6.45, 7) is 10.7. The van der Waals surface area contributed by atoms with Gasteiger partial charge < -0.3 is 10.1 Å². The van der Waals surface area contributed by atoms with Gasteiger partial charge in [-0.3, -0.25) is 0 Å². The molecule has 2 nitrogen and oxygen atoms in total.